The van der Waals surface area contributed by atoms with Crippen molar-refractivity contribution in [3.8, 4) is 0 Å². The molecule has 22 heavy (non-hydrogen) atoms. The van der Waals surface area contributed by atoms with Crippen LogP contribution in [0.15, 0.2) is 4.52 Å². The van der Waals surface area contributed by atoms with E-state index in [1.54, 1.807) is 0 Å². The Morgan fingerprint density at radius 2 is 2.09 bits per heavy atom. The maximum Gasteiger partial charge on any atom is 0.306 e. The molecule has 1 aromatic rings. The van der Waals surface area contributed by atoms with E-state index in [2.05, 4.69) is 14.9 Å². The summed E-state index contributed by atoms with van der Waals surface area (Å²) in [6.07, 6.45) is 3.70. The molecule has 3 rings (SSSR count). The number of nitrogens with one attached hydrogen (secondary N) is 1. The average Bonchev–Trinajstić information content (AvgIpc) is 3.15. The molecule has 0 radical (unpaired) electrons. The molecular formula is C13H19N3O5S. The van der Waals surface area contributed by atoms with E-state index >= 15 is 0 Å². The van der Waals surface area contributed by atoms with E-state index < -0.39 is 21.9 Å². The number of hydrogen-bond acceptors (Lipinski definition) is 6. The lowest BCUT2D eigenvalue weighted by atomic mass is 9.75. The zero-order valence-electron chi connectivity index (χ0n) is 12.1. The van der Waals surface area contributed by atoms with Gasteiger partial charge in [0.05, 0.1) is 11.7 Å². The highest BCUT2D eigenvalue weighted by Crippen LogP contribution is 2.38. The second-order valence-corrected chi connectivity index (χ2v) is 7.88. The van der Waals surface area contributed by atoms with Gasteiger partial charge in [0.2, 0.25) is 15.9 Å². The van der Waals surface area contributed by atoms with Crippen molar-refractivity contribution in [3.63, 3.8) is 0 Å². The molecule has 0 aliphatic heterocycles. The van der Waals surface area contributed by atoms with E-state index in [-0.39, 0.29) is 18.2 Å². The molecule has 2 aliphatic rings. The molecule has 0 aromatic carbocycles. The Labute approximate surface area is 128 Å². The van der Waals surface area contributed by atoms with Crippen molar-refractivity contribution in [2.24, 2.45) is 11.8 Å². The number of sulfonamides is 1. The topological polar surface area (TPSA) is 122 Å². The van der Waals surface area contributed by atoms with E-state index in [1.807, 2.05) is 0 Å². The highest BCUT2D eigenvalue weighted by Gasteiger charge is 2.39. The summed E-state index contributed by atoms with van der Waals surface area (Å²) in [4.78, 5) is 15.1. The van der Waals surface area contributed by atoms with Gasteiger partial charge in [-0.15, -0.1) is 0 Å². The van der Waals surface area contributed by atoms with Crippen LogP contribution in [0.3, 0.4) is 0 Å². The lowest BCUT2D eigenvalue weighted by Crippen LogP contribution is -2.41. The third-order valence-electron chi connectivity index (χ3n) is 4.26. The van der Waals surface area contributed by atoms with Crippen molar-refractivity contribution in [2.75, 3.05) is 12.3 Å². The first-order valence-corrected chi connectivity index (χ1v) is 9.12. The Morgan fingerprint density at radius 1 is 1.32 bits per heavy atom. The first kappa shape index (κ1) is 15.4. The fourth-order valence-corrected chi connectivity index (χ4v) is 4.12. The van der Waals surface area contributed by atoms with Crippen molar-refractivity contribution >= 4 is 16.0 Å². The van der Waals surface area contributed by atoms with E-state index in [9.17, 15) is 13.2 Å². The number of carboxylic acids is 1. The maximum absolute atomic E-state index is 11.9. The van der Waals surface area contributed by atoms with Gasteiger partial charge in [0.25, 0.3) is 0 Å². The van der Waals surface area contributed by atoms with E-state index in [1.165, 1.54) is 0 Å². The Morgan fingerprint density at radius 3 is 2.68 bits per heavy atom. The normalized spacial score (nSPS) is 24.9. The Balaban J connectivity index is 1.44. The van der Waals surface area contributed by atoms with Crippen LogP contribution in [0, 0.1) is 11.8 Å². The predicted octanol–water partition coefficient (Wildman–Crippen LogP) is 0.520. The Hall–Kier alpha value is -1.48. The summed E-state index contributed by atoms with van der Waals surface area (Å²) in [6, 6.07) is 0. The van der Waals surface area contributed by atoms with Crippen molar-refractivity contribution in [3.05, 3.63) is 11.7 Å². The molecule has 2 saturated carbocycles. The summed E-state index contributed by atoms with van der Waals surface area (Å²) in [6.45, 7) is 0.180. The van der Waals surface area contributed by atoms with Gasteiger partial charge in [-0.25, -0.2) is 13.1 Å². The summed E-state index contributed by atoms with van der Waals surface area (Å²) in [5.41, 5.74) is 0. The van der Waals surface area contributed by atoms with Crippen LogP contribution in [-0.4, -0.2) is 41.9 Å². The predicted molar refractivity (Wildman–Crippen MR) is 75.6 cm³/mol. The number of carboxylic acid groups (broad SMARTS) is 1. The van der Waals surface area contributed by atoms with Gasteiger partial charge in [0, 0.05) is 18.9 Å². The molecule has 2 fully saturated rings. The van der Waals surface area contributed by atoms with Gasteiger partial charge in [-0.3, -0.25) is 4.79 Å². The fraction of sp³-hybridized carbons (Fsp3) is 0.769. The van der Waals surface area contributed by atoms with Crippen LogP contribution >= 0.6 is 0 Å². The SMILES string of the molecule is O=C(O)[C@@H]1CC[C@@H]1CS(=O)(=O)NCCc1nc(C2CC2)no1. The monoisotopic (exact) mass is 329 g/mol. The third-order valence-corrected chi connectivity index (χ3v) is 5.77. The van der Waals surface area contributed by atoms with Gasteiger partial charge in [0.15, 0.2) is 5.82 Å². The van der Waals surface area contributed by atoms with E-state index in [0.29, 0.717) is 36.9 Å². The van der Waals surface area contributed by atoms with Crippen LogP contribution in [0.25, 0.3) is 0 Å². The first-order valence-electron chi connectivity index (χ1n) is 7.47. The van der Waals surface area contributed by atoms with Crippen LogP contribution in [0.4, 0.5) is 0 Å². The molecule has 0 saturated heterocycles. The largest absolute Gasteiger partial charge is 0.481 e. The van der Waals surface area contributed by atoms with E-state index in [0.717, 1.165) is 12.8 Å². The summed E-state index contributed by atoms with van der Waals surface area (Å²) in [7, 11) is -3.48. The van der Waals surface area contributed by atoms with Gasteiger partial charge in [0.1, 0.15) is 0 Å². The molecular weight excluding hydrogens is 310 g/mol. The summed E-state index contributed by atoms with van der Waals surface area (Å²) in [5, 5.41) is 12.8. The quantitative estimate of drug-likeness (QED) is 0.712. The summed E-state index contributed by atoms with van der Waals surface area (Å²) in [5.74, 6) is -0.339. The van der Waals surface area contributed by atoms with Crippen LogP contribution in [0.2, 0.25) is 0 Å². The molecule has 8 nitrogen and oxygen atoms in total. The first-order chi connectivity index (χ1) is 10.4. The lowest BCUT2D eigenvalue weighted by molar-refractivity contribution is -0.147. The third kappa shape index (κ3) is 3.64. The second-order valence-electron chi connectivity index (χ2n) is 6.03. The number of nitrogens with zero attached hydrogens (tertiary/aromatic N) is 2. The number of hydrogen-bond donors (Lipinski definition) is 2. The molecule has 1 heterocycles. The Kier molecular flexibility index (Phi) is 4.18. The zero-order valence-corrected chi connectivity index (χ0v) is 12.9. The van der Waals surface area contributed by atoms with Crippen molar-refractivity contribution < 1.29 is 22.8 Å². The Bertz CT molecular complexity index is 652. The summed E-state index contributed by atoms with van der Waals surface area (Å²) >= 11 is 0. The summed E-state index contributed by atoms with van der Waals surface area (Å²) < 4.78 is 31.4. The van der Waals surface area contributed by atoms with Crippen molar-refractivity contribution in [2.45, 2.75) is 38.0 Å². The highest BCUT2D eigenvalue weighted by molar-refractivity contribution is 7.89. The van der Waals surface area contributed by atoms with Crippen LogP contribution in [0.5, 0.6) is 0 Å². The van der Waals surface area contributed by atoms with Gasteiger partial charge in [-0.05, 0) is 31.6 Å². The number of aliphatic carboxylic acids is 1. The fourth-order valence-electron chi connectivity index (χ4n) is 2.62. The molecule has 9 heteroatoms. The smallest absolute Gasteiger partial charge is 0.306 e. The standard InChI is InChI=1S/C13H19N3O5S/c17-13(18)10-4-3-9(10)7-22(19,20)14-6-5-11-15-12(16-21-11)8-1-2-8/h8-10,14H,1-7H2,(H,17,18)/t9-,10-/m1/s1. The maximum atomic E-state index is 11.9. The molecule has 1 aromatic heterocycles. The molecule has 0 amide bonds. The number of aromatic nitrogens is 2. The molecule has 2 aliphatic carbocycles. The average molecular weight is 329 g/mol. The van der Waals surface area contributed by atoms with Crippen molar-refractivity contribution in [1.29, 1.82) is 0 Å². The molecule has 0 unspecified atom stereocenters. The van der Waals surface area contributed by atoms with Crippen molar-refractivity contribution in [1.82, 2.24) is 14.9 Å². The van der Waals surface area contributed by atoms with Crippen LogP contribution in [0.1, 0.15) is 43.3 Å². The minimum atomic E-state index is -3.48. The molecule has 0 bridgehead atoms. The highest BCUT2D eigenvalue weighted by atomic mass is 32.2. The second kappa shape index (κ2) is 5.96. The number of carbonyl (C=O) groups is 1. The van der Waals surface area contributed by atoms with Gasteiger partial charge in [-0.1, -0.05) is 5.16 Å². The lowest BCUT2D eigenvalue weighted by Gasteiger charge is -2.32. The minimum Gasteiger partial charge on any atom is -0.481 e. The molecule has 122 valence electrons. The zero-order chi connectivity index (χ0) is 15.7. The minimum absolute atomic E-state index is 0.138. The van der Waals surface area contributed by atoms with Gasteiger partial charge in [-0.2, -0.15) is 4.98 Å². The molecule has 2 atom stereocenters. The van der Waals surface area contributed by atoms with Gasteiger partial charge >= 0.3 is 5.97 Å². The van der Waals surface area contributed by atoms with E-state index in [4.69, 9.17) is 9.63 Å². The van der Waals surface area contributed by atoms with Crippen LogP contribution in [-0.2, 0) is 21.2 Å². The molecule has 2 N–H and O–H groups in total. The van der Waals surface area contributed by atoms with Crippen LogP contribution < -0.4 is 4.72 Å². The molecule has 0 spiro atoms. The number of rotatable bonds is 8. The van der Waals surface area contributed by atoms with Gasteiger partial charge < -0.3 is 9.63 Å².